The molecule has 0 bridgehead atoms. The number of nitrogens with two attached hydrogens (primary N) is 1. The summed E-state index contributed by atoms with van der Waals surface area (Å²) >= 11 is 0. The van der Waals surface area contributed by atoms with E-state index in [9.17, 15) is 4.79 Å². The maximum absolute atomic E-state index is 12.2. The molecule has 0 aromatic heterocycles. The molecule has 0 saturated carbocycles. The molecular weight excluding hydrogens is 438 g/mol. The Morgan fingerprint density at radius 3 is 1.79 bits per heavy atom. The van der Waals surface area contributed by atoms with Crippen LogP contribution in [0.25, 0.3) is 0 Å². The zero-order valence-corrected chi connectivity index (χ0v) is 21.7. The lowest BCUT2D eigenvalue weighted by Crippen LogP contribution is -2.66. The molecule has 0 saturated heterocycles. The van der Waals surface area contributed by atoms with E-state index in [4.69, 9.17) is 14.9 Å². The molecule has 0 radical (unpaired) electrons. The molecule has 0 aliphatic heterocycles. The van der Waals surface area contributed by atoms with Crippen LogP contribution in [-0.2, 0) is 9.16 Å². The van der Waals surface area contributed by atoms with E-state index in [1.807, 2.05) is 30.3 Å². The van der Waals surface area contributed by atoms with E-state index < -0.39 is 8.32 Å². The van der Waals surface area contributed by atoms with Crippen LogP contribution in [0.1, 0.15) is 44.5 Å². The second kappa shape index (κ2) is 11.6. The first kappa shape index (κ1) is 25.9. The maximum Gasteiger partial charge on any atom is 0.338 e. The fraction of sp³-hybridized carbons (Fsp3) is 0.345. The molecule has 0 spiro atoms. The van der Waals surface area contributed by atoms with Crippen molar-refractivity contribution in [2.24, 2.45) is 11.7 Å². The maximum atomic E-state index is 12.2. The van der Waals surface area contributed by atoms with Crippen molar-refractivity contribution in [3.8, 4) is 0 Å². The summed E-state index contributed by atoms with van der Waals surface area (Å²) in [6, 6.07) is 30.0. The van der Waals surface area contributed by atoms with E-state index in [0.717, 1.165) is 6.42 Å². The van der Waals surface area contributed by atoms with Crippen LogP contribution in [0.15, 0.2) is 91.0 Å². The lowest BCUT2D eigenvalue weighted by Gasteiger charge is -2.43. The predicted molar refractivity (Wildman–Crippen MR) is 142 cm³/mol. The highest BCUT2D eigenvalue weighted by atomic mass is 28.4. The van der Waals surface area contributed by atoms with Crippen molar-refractivity contribution in [2.75, 3.05) is 13.2 Å². The van der Waals surface area contributed by atoms with Crippen LogP contribution in [0.3, 0.4) is 0 Å². The molecule has 2 N–H and O–H groups in total. The first-order chi connectivity index (χ1) is 16.3. The standard InChI is InChI=1S/C29H37NO3Si/c1-23(27(30)22-32-28(31)24-14-8-5-9-15-24)20-21-33-34(29(2,3)4,25-16-10-6-11-17-25)26-18-12-7-13-19-26/h5-19,23,27H,20-22,30H2,1-4H3/t23-,27-/m0/s1. The van der Waals surface area contributed by atoms with E-state index in [1.165, 1.54) is 10.4 Å². The summed E-state index contributed by atoms with van der Waals surface area (Å²) in [4.78, 5) is 12.2. The van der Waals surface area contributed by atoms with Gasteiger partial charge in [-0.1, -0.05) is 107 Å². The molecule has 5 heteroatoms. The van der Waals surface area contributed by atoms with Crippen LogP contribution in [0.5, 0.6) is 0 Å². The quantitative estimate of drug-likeness (QED) is 0.339. The molecule has 3 aromatic carbocycles. The van der Waals surface area contributed by atoms with Gasteiger partial charge in [0.05, 0.1) is 5.56 Å². The summed E-state index contributed by atoms with van der Waals surface area (Å²) in [5.41, 5.74) is 6.92. The first-order valence-corrected chi connectivity index (χ1v) is 13.9. The largest absolute Gasteiger partial charge is 0.460 e. The van der Waals surface area contributed by atoms with Gasteiger partial charge in [0.2, 0.25) is 0 Å². The number of ether oxygens (including phenoxy) is 1. The highest BCUT2D eigenvalue weighted by molar-refractivity contribution is 6.99. The van der Waals surface area contributed by atoms with Gasteiger partial charge in [0.15, 0.2) is 0 Å². The predicted octanol–water partition coefficient (Wildman–Crippen LogP) is 4.77. The lowest BCUT2D eigenvalue weighted by molar-refractivity contribution is 0.0453. The van der Waals surface area contributed by atoms with Crippen molar-refractivity contribution in [2.45, 2.75) is 45.2 Å². The molecule has 0 aliphatic rings. The minimum atomic E-state index is -2.56. The van der Waals surface area contributed by atoms with Gasteiger partial charge in [-0.3, -0.25) is 0 Å². The van der Waals surface area contributed by atoms with E-state index in [0.29, 0.717) is 12.2 Å². The van der Waals surface area contributed by atoms with Crippen LogP contribution < -0.4 is 16.1 Å². The summed E-state index contributed by atoms with van der Waals surface area (Å²) in [6.07, 6.45) is 0.786. The molecule has 0 heterocycles. The summed E-state index contributed by atoms with van der Waals surface area (Å²) in [5, 5.41) is 2.47. The molecule has 3 aromatic rings. The van der Waals surface area contributed by atoms with Gasteiger partial charge in [-0.2, -0.15) is 0 Å². The van der Waals surface area contributed by atoms with Crippen molar-refractivity contribution in [1.29, 1.82) is 0 Å². The number of hydrogen-bond acceptors (Lipinski definition) is 4. The SMILES string of the molecule is C[C@@H](CCO[Si](c1ccccc1)(c1ccccc1)C(C)(C)C)[C@@H](N)COC(=O)c1ccccc1. The first-order valence-electron chi connectivity index (χ1n) is 12.0. The molecule has 34 heavy (non-hydrogen) atoms. The van der Waals surface area contributed by atoms with Crippen molar-refractivity contribution in [3.63, 3.8) is 0 Å². The molecular formula is C29H37NO3Si. The Morgan fingerprint density at radius 1 is 0.853 bits per heavy atom. The van der Waals surface area contributed by atoms with Crippen LogP contribution in [0.2, 0.25) is 5.04 Å². The fourth-order valence-electron chi connectivity index (χ4n) is 4.37. The van der Waals surface area contributed by atoms with E-state index >= 15 is 0 Å². The molecule has 0 amide bonds. The summed E-state index contributed by atoms with van der Waals surface area (Å²) in [5.74, 6) is -0.200. The highest BCUT2D eigenvalue weighted by Gasteiger charge is 2.50. The van der Waals surface area contributed by atoms with Gasteiger partial charge in [-0.25, -0.2) is 4.79 Å². The summed E-state index contributed by atoms with van der Waals surface area (Å²) in [7, 11) is -2.56. The van der Waals surface area contributed by atoms with E-state index in [2.05, 4.69) is 76.2 Å². The van der Waals surface area contributed by atoms with Gasteiger partial charge < -0.3 is 14.9 Å². The Balaban J connectivity index is 1.69. The Labute approximate surface area is 205 Å². The average Bonchev–Trinajstić information content (AvgIpc) is 2.85. The second-order valence-corrected chi connectivity index (χ2v) is 14.2. The molecule has 2 atom stereocenters. The van der Waals surface area contributed by atoms with Crippen LogP contribution in [-0.4, -0.2) is 33.5 Å². The second-order valence-electron chi connectivity index (χ2n) is 9.91. The van der Waals surface area contributed by atoms with Crippen LogP contribution in [0.4, 0.5) is 0 Å². The molecule has 0 aliphatic carbocycles. The number of esters is 1. The zero-order valence-electron chi connectivity index (χ0n) is 20.7. The minimum Gasteiger partial charge on any atom is -0.460 e. The smallest absolute Gasteiger partial charge is 0.338 e. The number of benzene rings is 3. The Kier molecular flexibility index (Phi) is 8.83. The monoisotopic (exact) mass is 475 g/mol. The summed E-state index contributed by atoms with van der Waals surface area (Å²) < 4.78 is 12.4. The lowest BCUT2D eigenvalue weighted by atomic mass is 10.0. The van der Waals surface area contributed by atoms with Crippen molar-refractivity contribution in [3.05, 3.63) is 96.6 Å². The van der Waals surface area contributed by atoms with E-state index in [1.54, 1.807) is 12.1 Å². The third-order valence-corrected chi connectivity index (χ3v) is 11.5. The topological polar surface area (TPSA) is 61.6 Å². The molecule has 0 unspecified atom stereocenters. The average molecular weight is 476 g/mol. The zero-order chi connectivity index (χ0) is 24.6. The molecule has 180 valence electrons. The Hall–Kier alpha value is -2.73. The Bertz CT molecular complexity index is 980. The van der Waals surface area contributed by atoms with Gasteiger partial charge in [0, 0.05) is 12.6 Å². The summed E-state index contributed by atoms with van der Waals surface area (Å²) in [6.45, 7) is 9.70. The van der Waals surface area contributed by atoms with Gasteiger partial charge in [-0.05, 0) is 39.9 Å². The minimum absolute atomic E-state index is 0.0632. The van der Waals surface area contributed by atoms with Crippen molar-refractivity contribution >= 4 is 24.7 Å². The molecule has 0 fully saturated rings. The van der Waals surface area contributed by atoms with Crippen LogP contribution in [0, 0.1) is 5.92 Å². The van der Waals surface area contributed by atoms with Gasteiger partial charge in [-0.15, -0.1) is 0 Å². The Morgan fingerprint density at radius 2 is 1.32 bits per heavy atom. The number of hydrogen-bond donors (Lipinski definition) is 1. The number of rotatable bonds is 10. The third kappa shape index (κ3) is 6.03. The van der Waals surface area contributed by atoms with Crippen molar-refractivity contribution in [1.82, 2.24) is 0 Å². The normalized spacial score (nSPS) is 13.8. The number of carbonyl (C=O) groups is 1. The van der Waals surface area contributed by atoms with Gasteiger partial charge >= 0.3 is 5.97 Å². The fourth-order valence-corrected chi connectivity index (χ4v) is 8.95. The molecule has 4 nitrogen and oxygen atoms in total. The van der Waals surface area contributed by atoms with Gasteiger partial charge in [0.1, 0.15) is 6.61 Å². The molecule has 3 rings (SSSR count). The van der Waals surface area contributed by atoms with Crippen molar-refractivity contribution < 1.29 is 14.0 Å². The van der Waals surface area contributed by atoms with Gasteiger partial charge in [0.25, 0.3) is 8.32 Å². The van der Waals surface area contributed by atoms with E-state index in [-0.39, 0.29) is 29.6 Å². The third-order valence-electron chi connectivity index (χ3n) is 6.46. The number of carbonyl (C=O) groups excluding carboxylic acids is 1. The highest BCUT2D eigenvalue weighted by Crippen LogP contribution is 2.37. The van der Waals surface area contributed by atoms with Crippen LogP contribution >= 0.6 is 0 Å².